The van der Waals surface area contributed by atoms with E-state index in [4.69, 9.17) is 18.2 Å². The standard InChI is InChI=1S/C32H29F2N5O4.CH4O2S/c1-18-13-19(2)39(24-6-3-21(33)4-7-24)32(41)30(18)31(40)37-23-5-8-28(25(34)15-23)43-29-14-20-17-35-38-26(20)16-27(29)36-22-9-11-42-12-10-22;1-4(2)3/h3-8,13-17,22,36H,9-12H2,1-2H3,(H,35,38)(H,37,40);1H3,(H,2,3). The van der Waals surface area contributed by atoms with E-state index >= 15 is 4.39 Å². The van der Waals surface area contributed by atoms with Gasteiger partial charge in [0, 0.05) is 54.0 Å². The van der Waals surface area contributed by atoms with Crippen molar-refractivity contribution in [2.24, 2.45) is 0 Å². The molecule has 11 nitrogen and oxygen atoms in total. The van der Waals surface area contributed by atoms with Gasteiger partial charge in [0.25, 0.3) is 11.5 Å². The van der Waals surface area contributed by atoms with Gasteiger partial charge in [-0.2, -0.15) is 5.10 Å². The van der Waals surface area contributed by atoms with Gasteiger partial charge in [0.15, 0.2) is 17.3 Å². The molecule has 1 unspecified atom stereocenters. The normalized spacial score (nSPS) is 13.8. The number of carbonyl (C=O) groups excluding carboxylic acids is 1. The van der Waals surface area contributed by atoms with Crippen LogP contribution in [0.2, 0.25) is 0 Å². The number of aromatic nitrogens is 3. The summed E-state index contributed by atoms with van der Waals surface area (Å²) in [6.45, 7) is 4.69. The molecule has 4 N–H and O–H groups in total. The number of aromatic amines is 1. The summed E-state index contributed by atoms with van der Waals surface area (Å²) >= 11 is -1.61. The Hall–Kier alpha value is -4.92. The summed E-state index contributed by atoms with van der Waals surface area (Å²) in [7, 11) is 0. The highest BCUT2D eigenvalue weighted by Crippen LogP contribution is 2.36. The number of pyridine rings is 1. The second-order valence-electron chi connectivity index (χ2n) is 10.9. The summed E-state index contributed by atoms with van der Waals surface area (Å²) in [5.74, 6) is -1.46. The minimum Gasteiger partial charge on any atom is -0.452 e. The van der Waals surface area contributed by atoms with Crippen molar-refractivity contribution in [1.29, 1.82) is 0 Å². The number of hydrogen-bond acceptors (Lipinski definition) is 7. The number of benzene rings is 3. The predicted octanol–water partition coefficient (Wildman–Crippen LogP) is 6.08. The summed E-state index contributed by atoms with van der Waals surface area (Å²) in [5.41, 5.74) is 2.43. The van der Waals surface area contributed by atoms with Crippen LogP contribution in [0.5, 0.6) is 11.5 Å². The zero-order valence-corrected chi connectivity index (χ0v) is 26.6. The molecule has 0 radical (unpaired) electrons. The van der Waals surface area contributed by atoms with Crippen LogP contribution < -0.4 is 20.9 Å². The summed E-state index contributed by atoms with van der Waals surface area (Å²) in [6.07, 6.45) is 4.52. The number of rotatable bonds is 7. The van der Waals surface area contributed by atoms with Gasteiger partial charge in [0.2, 0.25) is 0 Å². The number of hydrogen-bond donors (Lipinski definition) is 4. The van der Waals surface area contributed by atoms with Gasteiger partial charge < -0.3 is 24.7 Å². The molecule has 3 heterocycles. The van der Waals surface area contributed by atoms with E-state index in [9.17, 15) is 14.0 Å². The third kappa shape index (κ3) is 8.09. The molecule has 1 aliphatic rings. The molecule has 0 saturated carbocycles. The van der Waals surface area contributed by atoms with Crippen LogP contribution in [0.25, 0.3) is 16.6 Å². The van der Waals surface area contributed by atoms with E-state index in [1.807, 2.05) is 6.07 Å². The van der Waals surface area contributed by atoms with Crippen LogP contribution in [0.15, 0.2) is 71.7 Å². The summed E-state index contributed by atoms with van der Waals surface area (Å²) < 4.78 is 58.2. The second kappa shape index (κ2) is 14.7. The lowest BCUT2D eigenvalue weighted by Crippen LogP contribution is -2.31. The van der Waals surface area contributed by atoms with Crippen LogP contribution in [-0.2, 0) is 15.8 Å². The highest BCUT2D eigenvalue weighted by atomic mass is 32.2. The smallest absolute Gasteiger partial charge is 0.268 e. The maximum atomic E-state index is 15.3. The topological polar surface area (TPSA) is 148 Å². The van der Waals surface area contributed by atoms with Crippen LogP contribution in [0.1, 0.15) is 34.5 Å². The number of carbonyl (C=O) groups is 1. The van der Waals surface area contributed by atoms with Gasteiger partial charge in [-0.15, -0.1) is 0 Å². The highest BCUT2D eigenvalue weighted by Gasteiger charge is 2.21. The quantitative estimate of drug-likeness (QED) is 0.153. The van der Waals surface area contributed by atoms with Crippen molar-refractivity contribution in [2.75, 3.05) is 30.1 Å². The van der Waals surface area contributed by atoms with Gasteiger partial charge in [-0.3, -0.25) is 19.3 Å². The van der Waals surface area contributed by atoms with E-state index in [0.29, 0.717) is 41.6 Å². The van der Waals surface area contributed by atoms with Gasteiger partial charge in [-0.05, 0) is 86.8 Å². The molecule has 47 heavy (non-hydrogen) atoms. The summed E-state index contributed by atoms with van der Waals surface area (Å²) in [4.78, 5) is 26.7. The highest BCUT2D eigenvalue weighted by molar-refractivity contribution is 7.78. The first-order valence-corrected chi connectivity index (χ1v) is 16.1. The van der Waals surface area contributed by atoms with Crippen molar-refractivity contribution in [1.82, 2.24) is 14.8 Å². The van der Waals surface area contributed by atoms with Crippen LogP contribution in [0, 0.1) is 25.5 Å². The van der Waals surface area contributed by atoms with Gasteiger partial charge in [0.1, 0.15) is 22.5 Å². The Labute approximate surface area is 271 Å². The average molecular weight is 666 g/mol. The largest absolute Gasteiger partial charge is 0.452 e. The summed E-state index contributed by atoms with van der Waals surface area (Å²) in [6, 6.07) is 15.0. The van der Waals surface area contributed by atoms with E-state index in [0.717, 1.165) is 29.8 Å². The molecule has 0 bridgehead atoms. The number of H-pyrrole nitrogens is 1. The van der Waals surface area contributed by atoms with Crippen molar-refractivity contribution in [3.8, 4) is 17.2 Å². The number of amides is 1. The Bertz CT molecular complexity index is 1990. The third-order valence-electron chi connectivity index (χ3n) is 7.43. The number of nitrogens with one attached hydrogen (secondary N) is 3. The Kier molecular flexibility index (Phi) is 10.4. The fourth-order valence-electron chi connectivity index (χ4n) is 5.28. The molecule has 3 aromatic carbocycles. The lowest BCUT2D eigenvalue weighted by Gasteiger charge is -2.25. The van der Waals surface area contributed by atoms with Crippen LogP contribution in [-0.4, -0.2) is 54.9 Å². The lowest BCUT2D eigenvalue weighted by atomic mass is 10.1. The van der Waals surface area contributed by atoms with E-state index in [-0.39, 0.29) is 23.0 Å². The summed E-state index contributed by atoms with van der Waals surface area (Å²) in [5, 5.41) is 13.9. The van der Waals surface area contributed by atoms with Crippen molar-refractivity contribution in [3.63, 3.8) is 0 Å². The van der Waals surface area contributed by atoms with E-state index in [1.54, 1.807) is 32.2 Å². The Morgan fingerprint density at radius 1 is 1.06 bits per heavy atom. The molecule has 0 spiro atoms. The molecule has 246 valence electrons. The number of nitrogens with zero attached hydrogens (tertiary/aromatic N) is 2. The van der Waals surface area contributed by atoms with Gasteiger partial charge in [-0.25, -0.2) is 13.0 Å². The zero-order valence-electron chi connectivity index (χ0n) is 25.8. The first-order valence-electron chi connectivity index (χ1n) is 14.6. The maximum Gasteiger partial charge on any atom is 0.268 e. The number of ether oxygens (including phenoxy) is 2. The molecule has 6 rings (SSSR count). The van der Waals surface area contributed by atoms with E-state index in [1.165, 1.54) is 47.2 Å². The van der Waals surface area contributed by atoms with Gasteiger partial charge >= 0.3 is 0 Å². The number of aryl methyl sites for hydroxylation is 2. The fourth-order valence-corrected chi connectivity index (χ4v) is 5.28. The Balaban J connectivity index is 0.00000103. The van der Waals surface area contributed by atoms with E-state index in [2.05, 4.69) is 20.8 Å². The number of anilines is 2. The molecule has 5 aromatic rings. The molecule has 1 aliphatic heterocycles. The Morgan fingerprint density at radius 3 is 2.45 bits per heavy atom. The second-order valence-corrected chi connectivity index (χ2v) is 11.8. The van der Waals surface area contributed by atoms with Crippen molar-refractivity contribution >= 4 is 39.3 Å². The Morgan fingerprint density at radius 2 is 1.77 bits per heavy atom. The minimum atomic E-state index is -1.61. The van der Waals surface area contributed by atoms with Crippen molar-refractivity contribution in [2.45, 2.75) is 32.7 Å². The molecule has 1 amide bonds. The molecule has 1 saturated heterocycles. The molecule has 1 fully saturated rings. The number of halogens is 2. The first-order chi connectivity index (χ1) is 22.5. The van der Waals surface area contributed by atoms with Crippen LogP contribution >= 0.6 is 0 Å². The zero-order chi connectivity index (χ0) is 33.7. The molecular formula is C33H33F2N5O6S. The minimum absolute atomic E-state index is 0.0407. The maximum absolute atomic E-state index is 15.3. The van der Waals surface area contributed by atoms with Gasteiger partial charge in [-0.1, -0.05) is 0 Å². The predicted molar refractivity (Wildman–Crippen MR) is 176 cm³/mol. The fraction of sp³-hybridized carbons (Fsp3) is 0.242. The van der Waals surface area contributed by atoms with E-state index < -0.39 is 34.2 Å². The first kappa shape index (κ1) is 33.4. The molecular weight excluding hydrogens is 632 g/mol. The van der Waals surface area contributed by atoms with Gasteiger partial charge in [0.05, 0.1) is 17.4 Å². The van der Waals surface area contributed by atoms with Crippen molar-refractivity contribution < 1.29 is 31.8 Å². The average Bonchev–Trinajstić information content (AvgIpc) is 3.47. The molecule has 1 atom stereocenters. The molecule has 2 aromatic heterocycles. The van der Waals surface area contributed by atoms with Crippen LogP contribution in [0.3, 0.4) is 0 Å². The monoisotopic (exact) mass is 665 g/mol. The van der Waals surface area contributed by atoms with Crippen molar-refractivity contribution in [3.05, 3.63) is 106 Å². The molecule has 0 aliphatic carbocycles. The molecule has 14 heteroatoms. The third-order valence-corrected chi connectivity index (χ3v) is 7.43. The number of fused-ring (bicyclic) bond motifs is 1. The lowest BCUT2D eigenvalue weighted by molar-refractivity contribution is 0.0904. The SMILES string of the molecule is CS(=O)O.Cc1cc(C)n(-c2ccc(F)cc2)c(=O)c1C(=O)Nc1ccc(Oc2cc3cn[nH]c3cc2NC2CCOCC2)c(F)c1. The van der Waals surface area contributed by atoms with Crippen LogP contribution in [0.4, 0.5) is 20.2 Å².